The number of carbonyl (C=O) groups excluding carboxylic acids is 1. The van der Waals surface area contributed by atoms with Crippen molar-refractivity contribution in [3.63, 3.8) is 0 Å². The van der Waals surface area contributed by atoms with E-state index in [1.54, 1.807) is 4.90 Å². The summed E-state index contributed by atoms with van der Waals surface area (Å²) in [4.78, 5) is 13.7. The molecule has 0 saturated heterocycles. The molecule has 1 aliphatic rings. The molecule has 1 aromatic carbocycles. The van der Waals surface area contributed by atoms with E-state index >= 15 is 0 Å². The first kappa shape index (κ1) is 15.0. The fourth-order valence-electron chi connectivity index (χ4n) is 2.73. The normalized spacial score (nSPS) is 20.1. The summed E-state index contributed by atoms with van der Waals surface area (Å²) in [6.45, 7) is 4.71. The van der Waals surface area contributed by atoms with Crippen LogP contribution in [-0.2, 0) is 4.79 Å². The van der Waals surface area contributed by atoms with Gasteiger partial charge in [-0.1, -0.05) is 32.0 Å². The SMILES string of the molecule is CC(C)CC(O)CNC1CC(=O)N(C)c2ccccc21. The Bertz CT molecular complexity index is 473. The molecule has 2 atom stereocenters. The molecule has 0 aromatic heterocycles. The molecule has 4 heteroatoms. The molecule has 0 bridgehead atoms. The third-order valence-electron chi connectivity index (χ3n) is 3.77. The van der Waals surface area contributed by atoms with Gasteiger partial charge in [0.25, 0.3) is 0 Å². The van der Waals surface area contributed by atoms with E-state index in [2.05, 4.69) is 19.2 Å². The van der Waals surface area contributed by atoms with Gasteiger partial charge in [0, 0.05) is 31.7 Å². The van der Waals surface area contributed by atoms with Crippen molar-refractivity contribution in [3.05, 3.63) is 29.8 Å². The van der Waals surface area contributed by atoms with Gasteiger partial charge in [0.15, 0.2) is 0 Å². The zero-order valence-corrected chi connectivity index (χ0v) is 12.5. The Morgan fingerprint density at radius 1 is 1.40 bits per heavy atom. The molecule has 2 unspecified atom stereocenters. The van der Waals surface area contributed by atoms with E-state index in [9.17, 15) is 9.90 Å². The lowest BCUT2D eigenvalue weighted by Crippen LogP contribution is -2.40. The number of benzene rings is 1. The molecule has 0 aliphatic carbocycles. The largest absolute Gasteiger partial charge is 0.392 e. The highest BCUT2D eigenvalue weighted by Crippen LogP contribution is 2.33. The van der Waals surface area contributed by atoms with Crippen LogP contribution >= 0.6 is 0 Å². The molecule has 0 fully saturated rings. The fraction of sp³-hybridized carbons (Fsp3) is 0.562. The van der Waals surface area contributed by atoms with Gasteiger partial charge in [-0.2, -0.15) is 0 Å². The number of para-hydroxylation sites is 1. The van der Waals surface area contributed by atoms with Crippen molar-refractivity contribution in [2.24, 2.45) is 5.92 Å². The van der Waals surface area contributed by atoms with Crippen LogP contribution in [0.5, 0.6) is 0 Å². The van der Waals surface area contributed by atoms with Gasteiger partial charge >= 0.3 is 0 Å². The second-order valence-corrected chi connectivity index (χ2v) is 5.96. The maximum atomic E-state index is 12.0. The highest BCUT2D eigenvalue weighted by Gasteiger charge is 2.28. The second-order valence-electron chi connectivity index (χ2n) is 5.96. The van der Waals surface area contributed by atoms with Crippen LogP contribution < -0.4 is 10.2 Å². The quantitative estimate of drug-likeness (QED) is 0.866. The summed E-state index contributed by atoms with van der Waals surface area (Å²) in [6.07, 6.45) is 0.855. The molecule has 2 N–H and O–H groups in total. The summed E-state index contributed by atoms with van der Waals surface area (Å²) in [5.74, 6) is 0.581. The van der Waals surface area contributed by atoms with E-state index in [-0.39, 0.29) is 18.1 Å². The number of aliphatic hydroxyl groups excluding tert-OH is 1. The first-order valence-electron chi connectivity index (χ1n) is 7.26. The van der Waals surface area contributed by atoms with E-state index in [4.69, 9.17) is 0 Å². The summed E-state index contributed by atoms with van der Waals surface area (Å²) in [7, 11) is 1.81. The standard InChI is InChI=1S/C16H24N2O2/c1-11(2)8-12(19)10-17-14-9-16(20)18(3)15-7-5-4-6-13(14)15/h4-7,11-12,14,17,19H,8-10H2,1-3H3. The van der Waals surface area contributed by atoms with Crippen molar-refractivity contribution in [2.45, 2.75) is 38.8 Å². The van der Waals surface area contributed by atoms with Crippen LogP contribution in [0.15, 0.2) is 24.3 Å². The predicted octanol–water partition coefficient (Wildman–Crippen LogP) is 2.09. The molecule has 1 aliphatic heterocycles. The van der Waals surface area contributed by atoms with Gasteiger partial charge in [0.2, 0.25) is 5.91 Å². The Balaban J connectivity index is 2.05. The summed E-state index contributed by atoms with van der Waals surface area (Å²) in [5, 5.41) is 13.3. The lowest BCUT2D eigenvalue weighted by atomic mass is 9.95. The molecule has 110 valence electrons. The number of hydrogen-bond donors (Lipinski definition) is 2. The van der Waals surface area contributed by atoms with Gasteiger partial charge in [-0.15, -0.1) is 0 Å². The van der Waals surface area contributed by atoms with Crippen molar-refractivity contribution < 1.29 is 9.90 Å². The molecule has 1 amide bonds. The Labute approximate surface area is 120 Å². The van der Waals surface area contributed by atoms with E-state index in [1.165, 1.54) is 0 Å². The molecule has 4 nitrogen and oxygen atoms in total. The van der Waals surface area contributed by atoms with Gasteiger partial charge in [0.05, 0.1) is 6.10 Å². The number of carbonyl (C=O) groups is 1. The Kier molecular flexibility index (Phi) is 4.78. The lowest BCUT2D eigenvalue weighted by Gasteiger charge is -2.32. The molecule has 1 aromatic rings. The molecule has 0 radical (unpaired) electrons. The zero-order valence-electron chi connectivity index (χ0n) is 12.5. The summed E-state index contributed by atoms with van der Waals surface area (Å²) in [5.41, 5.74) is 2.09. The highest BCUT2D eigenvalue weighted by atomic mass is 16.3. The van der Waals surface area contributed by atoms with Crippen molar-refractivity contribution in [3.8, 4) is 0 Å². The van der Waals surface area contributed by atoms with E-state index in [0.29, 0.717) is 18.9 Å². The minimum absolute atomic E-state index is 0.00304. The third-order valence-corrected chi connectivity index (χ3v) is 3.77. The maximum Gasteiger partial charge on any atom is 0.228 e. The van der Waals surface area contributed by atoms with Gasteiger partial charge in [-0.25, -0.2) is 0 Å². The molecule has 20 heavy (non-hydrogen) atoms. The van der Waals surface area contributed by atoms with Crippen molar-refractivity contribution in [1.29, 1.82) is 0 Å². The van der Waals surface area contributed by atoms with Crippen molar-refractivity contribution in [2.75, 3.05) is 18.5 Å². The Morgan fingerprint density at radius 2 is 2.10 bits per heavy atom. The van der Waals surface area contributed by atoms with Gasteiger partial charge in [0.1, 0.15) is 0 Å². The lowest BCUT2D eigenvalue weighted by molar-refractivity contribution is -0.119. The number of aliphatic hydroxyl groups is 1. The molecule has 0 spiro atoms. The van der Waals surface area contributed by atoms with Gasteiger partial charge in [-0.3, -0.25) is 4.79 Å². The maximum absolute atomic E-state index is 12.0. The van der Waals surface area contributed by atoms with Crippen LogP contribution in [-0.4, -0.2) is 30.7 Å². The van der Waals surface area contributed by atoms with E-state index in [1.807, 2.05) is 31.3 Å². The highest BCUT2D eigenvalue weighted by molar-refractivity contribution is 5.96. The number of amides is 1. The van der Waals surface area contributed by atoms with Crippen molar-refractivity contribution in [1.82, 2.24) is 5.32 Å². The van der Waals surface area contributed by atoms with Crippen LogP contribution in [0.25, 0.3) is 0 Å². The molecular weight excluding hydrogens is 252 g/mol. The predicted molar refractivity (Wildman–Crippen MR) is 80.7 cm³/mol. The van der Waals surface area contributed by atoms with Crippen LogP contribution in [0.1, 0.15) is 38.3 Å². The van der Waals surface area contributed by atoms with Gasteiger partial charge in [-0.05, 0) is 24.0 Å². The first-order valence-corrected chi connectivity index (χ1v) is 7.26. The average Bonchev–Trinajstić information content (AvgIpc) is 2.40. The second kappa shape index (κ2) is 6.37. The van der Waals surface area contributed by atoms with Crippen molar-refractivity contribution >= 4 is 11.6 Å². The Hall–Kier alpha value is -1.39. The van der Waals surface area contributed by atoms with Crippen LogP contribution in [0.3, 0.4) is 0 Å². The zero-order chi connectivity index (χ0) is 14.7. The number of nitrogens with zero attached hydrogens (tertiary/aromatic N) is 1. The van der Waals surface area contributed by atoms with Crippen LogP contribution in [0.4, 0.5) is 5.69 Å². The van der Waals surface area contributed by atoms with Crippen LogP contribution in [0.2, 0.25) is 0 Å². The van der Waals surface area contributed by atoms with E-state index in [0.717, 1.165) is 17.7 Å². The molecular formula is C16H24N2O2. The summed E-state index contributed by atoms with van der Waals surface area (Å²) >= 11 is 0. The smallest absolute Gasteiger partial charge is 0.228 e. The number of fused-ring (bicyclic) bond motifs is 1. The Morgan fingerprint density at radius 3 is 2.80 bits per heavy atom. The van der Waals surface area contributed by atoms with Crippen LogP contribution in [0, 0.1) is 5.92 Å². The fourth-order valence-corrected chi connectivity index (χ4v) is 2.73. The van der Waals surface area contributed by atoms with E-state index < -0.39 is 0 Å². The minimum Gasteiger partial charge on any atom is -0.392 e. The number of anilines is 1. The summed E-state index contributed by atoms with van der Waals surface area (Å²) < 4.78 is 0. The minimum atomic E-state index is -0.364. The van der Waals surface area contributed by atoms with Gasteiger partial charge < -0.3 is 15.3 Å². The summed E-state index contributed by atoms with van der Waals surface area (Å²) in [6, 6.07) is 7.94. The number of hydrogen-bond acceptors (Lipinski definition) is 3. The third kappa shape index (κ3) is 3.38. The topological polar surface area (TPSA) is 52.6 Å². The molecule has 2 rings (SSSR count). The molecule has 0 saturated carbocycles. The molecule has 1 heterocycles. The first-order chi connectivity index (χ1) is 9.49. The monoisotopic (exact) mass is 276 g/mol. The number of rotatable bonds is 5. The number of nitrogens with one attached hydrogen (secondary N) is 1. The average molecular weight is 276 g/mol.